The van der Waals surface area contributed by atoms with Crippen molar-refractivity contribution < 1.29 is 19.1 Å². The summed E-state index contributed by atoms with van der Waals surface area (Å²) < 4.78 is 11.1. The summed E-state index contributed by atoms with van der Waals surface area (Å²) in [6.45, 7) is 4.48. The van der Waals surface area contributed by atoms with Crippen LogP contribution in [0.15, 0.2) is 42.5 Å². The fourth-order valence-corrected chi connectivity index (χ4v) is 2.80. The Bertz CT molecular complexity index is 802. The zero-order valence-corrected chi connectivity index (χ0v) is 14.9. The molecule has 2 amide bonds. The van der Waals surface area contributed by atoms with Gasteiger partial charge in [0.05, 0.1) is 12.5 Å². The van der Waals surface area contributed by atoms with Gasteiger partial charge in [0.15, 0.2) is 11.5 Å². The van der Waals surface area contributed by atoms with Crippen LogP contribution in [0.25, 0.3) is 0 Å². The van der Waals surface area contributed by atoms with Crippen LogP contribution in [0, 0.1) is 0 Å². The Morgan fingerprint density at radius 1 is 1.04 bits per heavy atom. The molecule has 0 fully saturated rings. The molecule has 0 saturated heterocycles. The number of nitrogens with one attached hydrogen (secondary N) is 2. The van der Waals surface area contributed by atoms with E-state index < -0.39 is 0 Å². The Morgan fingerprint density at radius 3 is 2.42 bits per heavy atom. The van der Waals surface area contributed by atoms with Crippen LogP contribution in [0.1, 0.15) is 31.0 Å². The number of amides is 2. The molecule has 0 radical (unpaired) electrons. The van der Waals surface area contributed by atoms with Crippen molar-refractivity contribution in [1.82, 2.24) is 5.32 Å². The van der Waals surface area contributed by atoms with Gasteiger partial charge >= 0.3 is 0 Å². The van der Waals surface area contributed by atoms with Gasteiger partial charge in [-0.3, -0.25) is 9.59 Å². The topological polar surface area (TPSA) is 76.7 Å². The lowest BCUT2D eigenvalue weighted by Gasteiger charge is -2.21. The number of fused-ring (bicyclic) bond motifs is 1. The summed E-state index contributed by atoms with van der Waals surface area (Å²) in [5.74, 6) is 1.25. The van der Waals surface area contributed by atoms with E-state index in [-0.39, 0.29) is 24.3 Å². The highest BCUT2D eigenvalue weighted by Gasteiger charge is 2.16. The van der Waals surface area contributed by atoms with Gasteiger partial charge in [0.1, 0.15) is 13.2 Å². The summed E-state index contributed by atoms with van der Waals surface area (Å²) in [5.41, 5.74) is 2.56. The molecule has 26 heavy (non-hydrogen) atoms. The third-order valence-electron chi connectivity index (χ3n) is 4.08. The fourth-order valence-electron chi connectivity index (χ4n) is 2.80. The highest BCUT2D eigenvalue weighted by molar-refractivity contribution is 5.88. The van der Waals surface area contributed by atoms with Gasteiger partial charge < -0.3 is 20.1 Å². The van der Waals surface area contributed by atoms with Gasteiger partial charge in [-0.15, -0.1) is 0 Å². The Hall–Kier alpha value is -3.02. The van der Waals surface area contributed by atoms with E-state index in [0.29, 0.717) is 24.7 Å². The van der Waals surface area contributed by atoms with Crippen molar-refractivity contribution in [3.63, 3.8) is 0 Å². The van der Waals surface area contributed by atoms with Crippen molar-refractivity contribution in [2.75, 3.05) is 18.5 Å². The molecule has 0 spiro atoms. The van der Waals surface area contributed by atoms with Crippen molar-refractivity contribution in [3.05, 3.63) is 53.6 Å². The first kappa shape index (κ1) is 17.8. The summed E-state index contributed by atoms with van der Waals surface area (Å²) in [5, 5.41) is 5.70. The summed E-state index contributed by atoms with van der Waals surface area (Å²) in [6, 6.07) is 12.8. The second-order valence-electron chi connectivity index (χ2n) is 6.25. The molecule has 0 aliphatic carbocycles. The second-order valence-corrected chi connectivity index (χ2v) is 6.25. The van der Waals surface area contributed by atoms with Crippen LogP contribution in [0.4, 0.5) is 5.69 Å². The molecular weight excluding hydrogens is 332 g/mol. The molecule has 136 valence electrons. The number of ether oxygens (including phenoxy) is 2. The molecule has 0 unspecified atom stereocenters. The molecule has 1 aliphatic rings. The average Bonchev–Trinajstić information content (AvgIpc) is 2.62. The number of hydrogen-bond acceptors (Lipinski definition) is 4. The Kier molecular flexibility index (Phi) is 5.41. The van der Waals surface area contributed by atoms with Gasteiger partial charge in [-0.2, -0.15) is 0 Å². The van der Waals surface area contributed by atoms with E-state index in [0.717, 1.165) is 16.9 Å². The first-order valence-corrected chi connectivity index (χ1v) is 8.57. The molecule has 0 saturated carbocycles. The number of carbonyl (C=O) groups excluding carboxylic acids is 2. The number of rotatable bonds is 5. The van der Waals surface area contributed by atoms with E-state index in [4.69, 9.17) is 9.47 Å². The Labute approximate surface area is 152 Å². The predicted molar refractivity (Wildman–Crippen MR) is 98.4 cm³/mol. The standard InChI is InChI=1S/C20H22N2O4/c1-13(16-5-8-18-19(12-16)26-10-9-25-18)21-20(24)11-15-3-6-17(7-4-15)22-14(2)23/h3-8,12-13H,9-11H2,1-2H3,(H,21,24)(H,22,23)/t13-/m0/s1. The molecule has 3 rings (SSSR count). The van der Waals surface area contributed by atoms with E-state index in [2.05, 4.69) is 10.6 Å². The van der Waals surface area contributed by atoms with Crippen LogP contribution < -0.4 is 20.1 Å². The maximum atomic E-state index is 12.3. The number of anilines is 1. The maximum Gasteiger partial charge on any atom is 0.224 e. The third kappa shape index (κ3) is 4.53. The molecule has 1 atom stereocenters. The summed E-state index contributed by atoms with van der Waals surface area (Å²) in [4.78, 5) is 23.3. The largest absolute Gasteiger partial charge is 0.486 e. The second kappa shape index (κ2) is 7.91. The SMILES string of the molecule is CC(=O)Nc1ccc(CC(=O)N[C@@H](C)c2ccc3c(c2)OCCO3)cc1. The minimum Gasteiger partial charge on any atom is -0.486 e. The van der Waals surface area contributed by atoms with Crippen molar-refractivity contribution in [2.45, 2.75) is 26.3 Å². The monoisotopic (exact) mass is 354 g/mol. The highest BCUT2D eigenvalue weighted by Crippen LogP contribution is 2.32. The first-order chi connectivity index (χ1) is 12.5. The zero-order valence-electron chi connectivity index (χ0n) is 14.9. The molecule has 0 bridgehead atoms. The summed E-state index contributed by atoms with van der Waals surface area (Å²) in [6.07, 6.45) is 0.273. The van der Waals surface area contributed by atoms with E-state index in [1.165, 1.54) is 6.92 Å². The van der Waals surface area contributed by atoms with E-state index in [1.54, 1.807) is 12.1 Å². The van der Waals surface area contributed by atoms with Crippen LogP contribution in [0.3, 0.4) is 0 Å². The first-order valence-electron chi connectivity index (χ1n) is 8.57. The third-order valence-corrected chi connectivity index (χ3v) is 4.08. The lowest BCUT2D eigenvalue weighted by atomic mass is 10.1. The minimum atomic E-state index is -0.142. The molecule has 0 aromatic heterocycles. The Morgan fingerprint density at radius 2 is 1.73 bits per heavy atom. The van der Waals surface area contributed by atoms with Crippen molar-refractivity contribution in [2.24, 2.45) is 0 Å². The van der Waals surface area contributed by atoms with Gasteiger partial charge in [0.25, 0.3) is 0 Å². The highest BCUT2D eigenvalue weighted by atomic mass is 16.6. The van der Waals surface area contributed by atoms with Crippen LogP contribution >= 0.6 is 0 Å². The van der Waals surface area contributed by atoms with Gasteiger partial charge in [-0.1, -0.05) is 18.2 Å². The molecule has 1 aliphatic heterocycles. The van der Waals surface area contributed by atoms with E-state index in [1.807, 2.05) is 37.3 Å². The van der Waals surface area contributed by atoms with Gasteiger partial charge in [0, 0.05) is 12.6 Å². The average molecular weight is 354 g/mol. The fraction of sp³-hybridized carbons (Fsp3) is 0.300. The molecule has 2 aromatic carbocycles. The molecule has 2 N–H and O–H groups in total. The van der Waals surface area contributed by atoms with E-state index >= 15 is 0 Å². The molecular formula is C20H22N2O4. The van der Waals surface area contributed by atoms with E-state index in [9.17, 15) is 9.59 Å². The zero-order chi connectivity index (χ0) is 18.5. The summed E-state index contributed by atoms with van der Waals surface area (Å²) >= 11 is 0. The smallest absolute Gasteiger partial charge is 0.224 e. The lowest BCUT2D eigenvalue weighted by Crippen LogP contribution is -2.28. The number of benzene rings is 2. The Balaban J connectivity index is 1.58. The molecule has 6 heteroatoms. The van der Waals surface area contributed by atoms with Crippen LogP contribution in [-0.2, 0) is 16.0 Å². The minimum absolute atomic E-state index is 0.0698. The van der Waals surface area contributed by atoms with Gasteiger partial charge in [-0.05, 0) is 42.3 Å². The normalized spacial score (nSPS) is 13.6. The van der Waals surface area contributed by atoms with Crippen LogP contribution in [-0.4, -0.2) is 25.0 Å². The van der Waals surface area contributed by atoms with Gasteiger partial charge in [-0.25, -0.2) is 0 Å². The van der Waals surface area contributed by atoms with Crippen molar-refractivity contribution in [3.8, 4) is 11.5 Å². The van der Waals surface area contributed by atoms with Crippen molar-refractivity contribution in [1.29, 1.82) is 0 Å². The number of hydrogen-bond donors (Lipinski definition) is 2. The van der Waals surface area contributed by atoms with Crippen LogP contribution in [0.5, 0.6) is 11.5 Å². The molecule has 6 nitrogen and oxygen atoms in total. The van der Waals surface area contributed by atoms with Crippen molar-refractivity contribution >= 4 is 17.5 Å². The number of carbonyl (C=O) groups is 2. The molecule has 2 aromatic rings. The van der Waals surface area contributed by atoms with Crippen LogP contribution in [0.2, 0.25) is 0 Å². The molecule has 1 heterocycles. The lowest BCUT2D eigenvalue weighted by molar-refractivity contribution is -0.121. The quantitative estimate of drug-likeness (QED) is 0.866. The summed E-state index contributed by atoms with van der Waals surface area (Å²) in [7, 11) is 0. The van der Waals surface area contributed by atoms with Gasteiger partial charge in [0.2, 0.25) is 11.8 Å². The predicted octanol–water partition coefficient (Wildman–Crippen LogP) is 2.84. The maximum absolute atomic E-state index is 12.3.